The molecule has 1 aliphatic rings. The molecule has 1 unspecified atom stereocenters. The van der Waals surface area contributed by atoms with Gasteiger partial charge in [0.25, 0.3) is 0 Å². The van der Waals surface area contributed by atoms with Crippen molar-refractivity contribution in [2.45, 2.75) is 12.5 Å². The molecule has 1 heterocycles. The highest BCUT2D eigenvalue weighted by Gasteiger charge is 2.30. The molecule has 0 saturated carbocycles. The maximum absolute atomic E-state index is 11.6. The number of hydrogen-bond donors (Lipinski definition) is 3. The Labute approximate surface area is 98.4 Å². The minimum absolute atomic E-state index is 0. The Kier molecular flexibility index (Phi) is 5.76. The van der Waals surface area contributed by atoms with Crippen LogP contribution in [0.2, 0.25) is 0 Å². The van der Waals surface area contributed by atoms with Crippen LogP contribution >= 0.6 is 12.4 Å². The van der Waals surface area contributed by atoms with Gasteiger partial charge in [0.05, 0.1) is 12.5 Å². The van der Waals surface area contributed by atoms with Gasteiger partial charge in [-0.05, 0) is 0 Å². The van der Waals surface area contributed by atoms with Gasteiger partial charge in [-0.1, -0.05) is 0 Å². The van der Waals surface area contributed by atoms with Gasteiger partial charge in [0, 0.05) is 13.1 Å². The zero-order chi connectivity index (χ0) is 11.4. The fourth-order valence-corrected chi connectivity index (χ4v) is 1.47. The van der Waals surface area contributed by atoms with Gasteiger partial charge in [0.15, 0.2) is 0 Å². The molecule has 7 nitrogen and oxygen atoms in total. The Morgan fingerprint density at radius 1 is 1.56 bits per heavy atom. The van der Waals surface area contributed by atoms with Gasteiger partial charge in [0.2, 0.25) is 11.8 Å². The summed E-state index contributed by atoms with van der Waals surface area (Å²) in [7, 11) is 0. The number of amides is 2. The quantitative estimate of drug-likeness (QED) is 0.544. The second kappa shape index (κ2) is 6.29. The van der Waals surface area contributed by atoms with Gasteiger partial charge in [0.1, 0.15) is 6.54 Å². The van der Waals surface area contributed by atoms with Gasteiger partial charge in [-0.15, -0.1) is 12.4 Å². The second-order valence-electron chi connectivity index (χ2n) is 3.33. The van der Waals surface area contributed by atoms with Crippen molar-refractivity contribution < 1.29 is 19.5 Å². The molecule has 0 bridgehead atoms. The number of primary amides is 1. The fraction of sp³-hybridized carbons (Fsp3) is 0.625. The van der Waals surface area contributed by atoms with E-state index in [9.17, 15) is 14.4 Å². The molecule has 0 aliphatic carbocycles. The number of carbonyl (C=O) groups excluding carboxylic acids is 2. The van der Waals surface area contributed by atoms with Crippen molar-refractivity contribution in [3.63, 3.8) is 0 Å². The van der Waals surface area contributed by atoms with Crippen LogP contribution < -0.4 is 11.1 Å². The molecule has 1 rings (SSSR count). The third-order valence-corrected chi connectivity index (χ3v) is 2.11. The van der Waals surface area contributed by atoms with Crippen molar-refractivity contribution in [1.29, 1.82) is 0 Å². The predicted molar refractivity (Wildman–Crippen MR) is 57.1 cm³/mol. The zero-order valence-electron chi connectivity index (χ0n) is 8.51. The first kappa shape index (κ1) is 14.7. The molecule has 0 radical (unpaired) electrons. The molecular weight excluding hydrogens is 238 g/mol. The van der Waals surface area contributed by atoms with Crippen molar-refractivity contribution in [2.75, 3.05) is 19.6 Å². The van der Waals surface area contributed by atoms with Crippen molar-refractivity contribution in [2.24, 2.45) is 5.73 Å². The zero-order valence-corrected chi connectivity index (χ0v) is 9.33. The van der Waals surface area contributed by atoms with Crippen LogP contribution in [0.1, 0.15) is 6.42 Å². The van der Waals surface area contributed by atoms with E-state index in [0.717, 1.165) is 0 Å². The first-order valence-electron chi connectivity index (χ1n) is 4.53. The summed E-state index contributed by atoms with van der Waals surface area (Å²) < 4.78 is 0. The number of nitrogens with one attached hydrogen (secondary N) is 1. The number of halogens is 1. The minimum Gasteiger partial charge on any atom is -0.480 e. The summed E-state index contributed by atoms with van der Waals surface area (Å²) in [5.41, 5.74) is 4.97. The molecule has 0 aromatic rings. The maximum atomic E-state index is 11.6. The Hall–Kier alpha value is -1.34. The predicted octanol–water partition coefficient (Wildman–Crippen LogP) is -1.83. The first-order valence-corrected chi connectivity index (χ1v) is 4.53. The molecule has 1 fully saturated rings. The van der Waals surface area contributed by atoms with Gasteiger partial charge >= 0.3 is 5.97 Å². The topological polar surface area (TPSA) is 113 Å². The number of rotatable bonds is 4. The second-order valence-corrected chi connectivity index (χ2v) is 3.33. The highest BCUT2D eigenvalue weighted by atomic mass is 35.5. The SMILES string of the molecule is Cl.NC(=O)CC1NCCN(CC(=O)O)C1=O. The van der Waals surface area contributed by atoms with E-state index in [1.165, 1.54) is 4.90 Å². The van der Waals surface area contributed by atoms with E-state index in [1.807, 2.05) is 0 Å². The van der Waals surface area contributed by atoms with Crippen LogP contribution in [-0.2, 0) is 14.4 Å². The van der Waals surface area contributed by atoms with Crippen molar-refractivity contribution >= 4 is 30.2 Å². The molecule has 1 atom stereocenters. The molecule has 0 aromatic heterocycles. The molecule has 2 amide bonds. The normalized spacial score (nSPS) is 20.1. The van der Waals surface area contributed by atoms with E-state index in [-0.39, 0.29) is 31.3 Å². The Bertz CT molecular complexity index is 271. The number of nitrogens with two attached hydrogens (primary N) is 1. The van der Waals surface area contributed by atoms with Crippen LogP contribution in [0.3, 0.4) is 0 Å². The van der Waals surface area contributed by atoms with Crippen molar-refractivity contribution in [3.05, 3.63) is 0 Å². The molecule has 4 N–H and O–H groups in total. The lowest BCUT2D eigenvalue weighted by Gasteiger charge is -2.31. The lowest BCUT2D eigenvalue weighted by molar-refractivity contribution is -0.147. The van der Waals surface area contributed by atoms with Gasteiger partial charge in [-0.2, -0.15) is 0 Å². The highest BCUT2D eigenvalue weighted by molar-refractivity contribution is 5.90. The summed E-state index contributed by atoms with van der Waals surface area (Å²) in [6.45, 7) is 0.465. The standard InChI is InChI=1S/C8H13N3O4.ClH/c9-6(12)3-5-8(15)11(2-1-10-5)4-7(13)14;/h5,10H,1-4H2,(H2,9,12)(H,13,14);1H. The smallest absolute Gasteiger partial charge is 0.323 e. The average Bonchev–Trinajstić information content (AvgIpc) is 2.10. The summed E-state index contributed by atoms with van der Waals surface area (Å²) in [4.78, 5) is 33.9. The molecule has 8 heteroatoms. The Morgan fingerprint density at radius 3 is 2.69 bits per heavy atom. The summed E-state index contributed by atoms with van der Waals surface area (Å²) in [6, 6.07) is -0.685. The number of carboxylic acid groups (broad SMARTS) is 1. The van der Waals surface area contributed by atoms with Crippen molar-refractivity contribution in [1.82, 2.24) is 10.2 Å². The molecule has 1 saturated heterocycles. The molecule has 1 aliphatic heterocycles. The Morgan fingerprint density at radius 2 is 2.19 bits per heavy atom. The third-order valence-electron chi connectivity index (χ3n) is 2.11. The van der Waals surface area contributed by atoms with Gasteiger partial charge in [-0.25, -0.2) is 0 Å². The van der Waals surface area contributed by atoms with E-state index in [1.54, 1.807) is 0 Å². The van der Waals surface area contributed by atoms with Crippen molar-refractivity contribution in [3.8, 4) is 0 Å². The summed E-state index contributed by atoms with van der Waals surface area (Å²) in [5.74, 6) is -2.04. The van der Waals surface area contributed by atoms with Gasteiger partial charge in [-0.3, -0.25) is 14.4 Å². The first-order chi connectivity index (χ1) is 7.00. The molecule has 16 heavy (non-hydrogen) atoms. The van der Waals surface area contributed by atoms with E-state index >= 15 is 0 Å². The number of nitrogens with zero attached hydrogens (tertiary/aromatic N) is 1. The maximum Gasteiger partial charge on any atom is 0.323 e. The van der Waals surface area contributed by atoms with Crippen LogP contribution in [0.5, 0.6) is 0 Å². The fourth-order valence-electron chi connectivity index (χ4n) is 1.47. The summed E-state index contributed by atoms with van der Waals surface area (Å²) in [5, 5.41) is 11.4. The van der Waals surface area contributed by atoms with Crippen LogP contribution in [0.25, 0.3) is 0 Å². The number of carboxylic acids is 1. The van der Waals surface area contributed by atoms with Crippen LogP contribution in [0.4, 0.5) is 0 Å². The molecule has 92 valence electrons. The lowest BCUT2D eigenvalue weighted by atomic mass is 10.1. The Balaban J connectivity index is 0.00000225. The highest BCUT2D eigenvalue weighted by Crippen LogP contribution is 2.04. The van der Waals surface area contributed by atoms with Gasteiger partial charge < -0.3 is 21.1 Å². The average molecular weight is 252 g/mol. The lowest BCUT2D eigenvalue weighted by Crippen LogP contribution is -2.57. The molecule has 0 spiro atoms. The summed E-state index contributed by atoms with van der Waals surface area (Å²) in [6.07, 6.45) is -0.102. The number of aliphatic carboxylic acids is 1. The number of carbonyl (C=O) groups is 3. The molecule has 0 aromatic carbocycles. The van der Waals surface area contributed by atoms with E-state index in [2.05, 4.69) is 5.32 Å². The number of piperazine rings is 1. The van der Waals surface area contributed by atoms with Crippen LogP contribution in [-0.4, -0.2) is 53.5 Å². The van der Waals surface area contributed by atoms with Crippen LogP contribution in [0.15, 0.2) is 0 Å². The van der Waals surface area contributed by atoms with Crippen LogP contribution in [0, 0.1) is 0 Å². The van der Waals surface area contributed by atoms with E-state index in [4.69, 9.17) is 10.8 Å². The minimum atomic E-state index is -1.07. The summed E-state index contributed by atoms with van der Waals surface area (Å²) >= 11 is 0. The molecular formula is C8H14ClN3O4. The van der Waals surface area contributed by atoms with E-state index < -0.39 is 17.9 Å². The monoisotopic (exact) mass is 251 g/mol. The largest absolute Gasteiger partial charge is 0.480 e. The third kappa shape index (κ3) is 4.03. The van der Waals surface area contributed by atoms with E-state index in [0.29, 0.717) is 13.1 Å². The number of hydrogen-bond acceptors (Lipinski definition) is 4.